The molecular formula is C39H28N2O4. The molecule has 0 spiro atoms. The first kappa shape index (κ1) is 25.4. The average Bonchev–Trinajstić information content (AvgIpc) is 3.60. The van der Waals surface area contributed by atoms with Crippen LogP contribution >= 0.6 is 0 Å². The molecule has 1 aliphatic heterocycles. The first-order valence-corrected chi connectivity index (χ1v) is 15.8. The third-order valence-electron chi connectivity index (χ3n) is 12.1. The van der Waals surface area contributed by atoms with Gasteiger partial charge in [0.2, 0.25) is 0 Å². The lowest BCUT2D eigenvalue weighted by molar-refractivity contribution is -0.167. The van der Waals surface area contributed by atoms with Crippen LogP contribution in [0, 0.1) is 47.3 Å². The summed E-state index contributed by atoms with van der Waals surface area (Å²) in [6.45, 7) is 0. The highest BCUT2D eigenvalue weighted by molar-refractivity contribution is 6.29. The summed E-state index contributed by atoms with van der Waals surface area (Å²) in [6, 6.07) is 32.1. The summed E-state index contributed by atoms with van der Waals surface area (Å²) in [5.74, 6) is -2.17. The molecule has 6 nitrogen and oxygen atoms in total. The van der Waals surface area contributed by atoms with Crippen LogP contribution in [-0.2, 0) is 30.0 Å². The molecule has 2 aromatic heterocycles. The number of cyclic esters (lactones) is 2. The minimum Gasteiger partial charge on any atom is -0.393 e. The second-order valence-corrected chi connectivity index (χ2v) is 13.4. The smallest absolute Gasteiger partial charge is 0.318 e. The Balaban J connectivity index is 1.36. The summed E-state index contributed by atoms with van der Waals surface area (Å²) in [5, 5.41) is 0. The fraction of sp³-hybridized carbons (Fsp3) is 0.256. The van der Waals surface area contributed by atoms with E-state index in [1.807, 2.05) is 72.8 Å². The molecule has 45 heavy (non-hydrogen) atoms. The lowest BCUT2D eigenvalue weighted by Crippen LogP contribution is -2.68. The number of ether oxygens (including phenoxy) is 1. The molecule has 7 aliphatic rings. The summed E-state index contributed by atoms with van der Waals surface area (Å²) < 4.78 is 5.31. The molecule has 0 N–H and O–H groups in total. The van der Waals surface area contributed by atoms with Crippen molar-refractivity contribution in [1.82, 2.24) is 9.97 Å². The zero-order valence-electron chi connectivity index (χ0n) is 24.2. The fourth-order valence-electron chi connectivity index (χ4n) is 11.1. The van der Waals surface area contributed by atoms with Crippen molar-refractivity contribution in [3.63, 3.8) is 0 Å². The molecule has 6 heteroatoms. The van der Waals surface area contributed by atoms with Gasteiger partial charge in [0, 0.05) is 23.5 Å². The van der Waals surface area contributed by atoms with E-state index >= 15 is 4.79 Å². The minimum atomic E-state index is -1.03. The molecule has 0 amide bonds. The molecule has 4 fully saturated rings. The number of Topliss-reactive ketones (excluding diaryl/α,β-unsaturated/α-hetero) is 1. The van der Waals surface area contributed by atoms with E-state index in [2.05, 4.69) is 36.4 Å². The maximum atomic E-state index is 16.1. The van der Waals surface area contributed by atoms with Crippen LogP contribution in [0.25, 0.3) is 11.1 Å². The second kappa shape index (κ2) is 8.60. The van der Waals surface area contributed by atoms with E-state index < -0.39 is 34.6 Å². The van der Waals surface area contributed by atoms with Crippen LogP contribution in [-0.4, -0.2) is 27.7 Å². The molecular weight excluding hydrogens is 560 g/mol. The fourth-order valence-corrected chi connectivity index (χ4v) is 11.1. The highest BCUT2D eigenvalue weighted by Crippen LogP contribution is 2.84. The summed E-state index contributed by atoms with van der Waals surface area (Å²) >= 11 is 0. The summed E-state index contributed by atoms with van der Waals surface area (Å²) in [5.41, 5.74) is 3.18. The average molecular weight is 589 g/mol. The van der Waals surface area contributed by atoms with E-state index in [1.165, 1.54) is 0 Å². The zero-order chi connectivity index (χ0) is 30.1. The SMILES string of the molecule is O=C1OC(=O)[C@H]2[C@@H]3C=C[C@H]([C@@H]12)[C@@H]1[C@@H]3[C@H]2[C@@H]1[C@@]1(c3ccccc3)C(=O)[C@@]2(c2ccccc2)C(c2ccccn2)=C1c1ccccn1. The molecule has 10 atom stereocenters. The molecule has 2 aromatic carbocycles. The van der Waals surface area contributed by atoms with E-state index in [0.29, 0.717) is 0 Å². The van der Waals surface area contributed by atoms with E-state index in [4.69, 9.17) is 14.7 Å². The van der Waals surface area contributed by atoms with Gasteiger partial charge in [-0.3, -0.25) is 24.4 Å². The van der Waals surface area contributed by atoms with Gasteiger partial charge in [0.05, 0.1) is 34.1 Å². The van der Waals surface area contributed by atoms with Gasteiger partial charge in [-0.25, -0.2) is 0 Å². The number of fused-ring (bicyclic) bond motifs is 5. The van der Waals surface area contributed by atoms with Gasteiger partial charge in [-0.15, -0.1) is 0 Å². The summed E-state index contributed by atoms with van der Waals surface area (Å²) in [4.78, 5) is 52.3. The molecule has 0 unspecified atom stereocenters. The van der Waals surface area contributed by atoms with Crippen LogP contribution in [0.15, 0.2) is 122 Å². The zero-order valence-corrected chi connectivity index (χ0v) is 24.2. The number of carbonyl (C=O) groups is 3. The summed E-state index contributed by atoms with van der Waals surface area (Å²) in [6.07, 6.45) is 7.88. The second-order valence-electron chi connectivity index (χ2n) is 13.4. The Morgan fingerprint density at radius 1 is 0.533 bits per heavy atom. The Bertz CT molecular complexity index is 1850. The number of ketones is 1. The molecule has 11 rings (SSSR count). The predicted molar refractivity (Wildman–Crippen MR) is 165 cm³/mol. The van der Waals surface area contributed by atoms with Crippen molar-refractivity contribution in [2.75, 3.05) is 0 Å². The highest BCUT2D eigenvalue weighted by atomic mass is 16.6. The molecule has 3 heterocycles. The summed E-state index contributed by atoms with van der Waals surface area (Å²) in [7, 11) is 0. The number of hydrogen-bond donors (Lipinski definition) is 0. The predicted octanol–water partition coefficient (Wildman–Crippen LogP) is 5.47. The topological polar surface area (TPSA) is 86.2 Å². The van der Waals surface area contributed by atoms with Crippen LogP contribution in [0.5, 0.6) is 0 Å². The minimum absolute atomic E-state index is 0.0310. The number of esters is 2. The monoisotopic (exact) mass is 588 g/mol. The highest BCUT2D eigenvalue weighted by Gasteiger charge is 2.86. The number of nitrogens with zero attached hydrogens (tertiary/aromatic N) is 2. The first-order valence-electron chi connectivity index (χ1n) is 15.8. The Hall–Kier alpha value is -4.97. The number of allylic oxidation sites excluding steroid dienone is 4. The lowest BCUT2D eigenvalue weighted by atomic mass is 9.33. The maximum Gasteiger partial charge on any atom is 0.318 e. The van der Waals surface area contributed by atoms with Crippen molar-refractivity contribution in [1.29, 1.82) is 0 Å². The molecule has 4 bridgehead atoms. The third kappa shape index (κ3) is 2.73. The van der Waals surface area contributed by atoms with Crippen LogP contribution < -0.4 is 0 Å². The van der Waals surface area contributed by atoms with Gasteiger partial charge in [0.15, 0.2) is 5.78 Å². The quantitative estimate of drug-likeness (QED) is 0.179. The van der Waals surface area contributed by atoms with Crippen LogP contribution in [0.4, 0.5) is 0 Å². The Labute approximate surface area is 259 Å². The van der Waals surface area contributed by atoms with Crippen LogP contribution in [0.2, 0.25) is 0 Å². The van der Waals surface area contributed by atoms with Crippen molar-refractivity contribution < 1.29 is 19.1 Å². The Morgan fingerprint density at radius 2 is 0.956 bits per heavy atom. The van der Waals surface area contributed by atoms with Crippen LogP contribution in [0.1, 0.15) is 22.5 Å². The van der Waals surface area contributed by atoms with Gasteiger partial charge in [0.25, 0.3) is 0 Å². The molecule has 4 aromatic rings. The van der Waals surface area contributed by atoms with Crippen molar-refractivity contribution in [3.8, 4) is 0 Å². The van der Waals surface area contributed by atoms with E-state index in [0.717, 1.165) is 33.7 Å². The van der Waals surface area contributed by atoms with E-state index in [1.54, 1.807) is 12.4 Å². The largest absolute Gasteiger partial charge is 0.393 e. The maximum absolute atomic E-state index is 16.1. The molecule has 218 valence electrons. The molecule has 1 saturated heterocycles. The van der Waals surface area contributed by atoms with E-state index in [9.17, 15) is 9.59 Å². The van der Waals surface area contributed by atoms with Crippen molar-refractivity contribution in [2.24, 2.45) is 47.3 Å². The van der Waals surface area contributed by atoms with Crippen molar-refractivity contribution >= 4 is 28.9 Å². The van der Waals surface area contributed by atoms with Gasteiger partial charge >= 0.3 is 11.9 Å². The van der Waals surface area contributed by atoms with Gasteiger partial charge in [-0.1, -0.05) is 84.9 Å². The van der Waals surface area contributed by atoms with Gasteiger partial charge in [-0.05, 0) is 70.9 Å². The molecule has 0 radical (unpaired) electrons. The number of pyridine rings is 2. The number of aromatic nitrogens is 2. The number of hydrogen-bond acceptors (Lipinski definition) is 6. The standard InChI is InChI=1S/C39H28N2O4/c42-35-29-23-17-18-24(30(29)36(43)45-35)28-27(23)33-34(28)39(22-13-5-2-6-14-22)32(26-16-8-10-20-41-26)31(25-15-7-9-19-40-25)38(33,37(39)44)21-11-3-1-4-12-21/h1-20,23-24,27-30,33-34H/t23-,24+,27-,28-,29+,30-,33+,34-,38+,39+/m1/s1. The van der Waals surface area contributed by atoms with Crippen LogP contribution in [0.3, 0.4) is 0 Å². The first-order chi connectivity index (χ1) is 22.1. The lowest BCUT2D eigenvalue weighted by Gasteiger charge is -2.68. The number of carbonyl (C=O) groups excluding carboxylic acids is 3. The number of rotatable bonds is 4. The third-order valence-corrected chi connectivity index (χ3v) is 12.1. The van der Waals surface area contributed by atoms with Gasteiger partial charge < -0.3 is 4.74 Å². The Kier molecular flexibility index (Phi) is 4.85. The normalized spacial score (nSPS) is 38.1. The molecule has 3 saturated carbocycles. The molecule has 6 aliphatic carbocycles. The number of benzene rings is 2. The Morgan fingerprint density at radius 3 is 1.36 bits per heavy atom. The van der Waals surface area contributed by atoms with Crippen molar-refractivity contribution in [3.05, 3.63) is 144 Å². The van der Waals surface area contributed by atoms with E-state index in [-0.39, 0.29) is 41.3 Å². The van der Waals surface area contributed by atoms with Gasteiger partial charge in [-0.2, -0.15) is 0 Å². The van der Waals surface area contributed by atoms with Gasteiger partial charge in [0.1, 0.15) is 0 Å². The van der Waals surface area contributed by atoms with Crippen molar-refractivity contribution in [2.45, 2.75) is 10.8 Å².